The Hall–Kier alpha value is -1.10. The highest BCUT2D eigenvalue weighted by Crippen LogP contribution is 2.23. The van der Waals surface area contributed by atoms with E-state index in [1.54, 1.807) is 20.8 Å². The molecule has 0 aromatic heterocycles. The Morgan fingerprint density at radius 2 is 1.69 bits per heavy atom. The molecule has 0 aliphatic heterocycles. The SMILES string of the molecule is CC(C)(C)OC(=O)C(N)CC(C)(C)C(=O)O. The van der Waals surface area contributed by atoms with E-state index < -0.39 is 29.0 Å². The van der Waals surface area contributed by atoms with Crippen LogP contribution in [-0.4, -0.2) is 28.7 Å². The maximum Gasteiger partial charge on any atom is 0.323 e. The van der Waals surface area contributed by atoms with Crippen molar-refractivity contribution in [2.24, 2.45) is 11.1 Å². The molecule has 0 aliphatic carbocycles. The first-order chi connectivity index (χ1) is 6.96. The van der Waals surface area contributed by atoms with Crippen molar-refractivity contribution in [3.63, 3.8) is 0 Å². The van der Waals surface area contributed by atoms with Crippen LogP contribution >= 0.6 is 0 Å². The molecule has 0 amide bonds. The quantitative estimate of drug-likeness (QED) is 0.708. The van der Waals surface area contributed by atoms with Gasteiger partial charge in [-0.3, -0.25) is 9.59 Å². The minimum atomic E-state index is -1.03. The Morgan fingerprint density at radius 3 is 2.00 bits per heavy atom. The number of nitrogens with two attached hydrogens (primary N) is 1. The van der Waals surface area contributed by atoms with Gasteiger partial charge >= 0.3 is 11.9 Å². The summed E-state index contributed by atoms with van der Waals surface area (Å²) in [5.41, 5.74) is 3.97. The number of carbonyl (C=O) groups is 2. The second kappa shape index (κ2) is 4.82. The van der Waals surface area contributed by atoms with Gasteiger partial charge < -0.3 is 15.6 Å². The van der Waals surface area contributed by atoms with Gasteiger partial charge in [0.05, 0.1) is 5.41 Å². The highest BCUT2D eigenvalue weighted by molar-refractivity contribution is 5.79. The van der Waals surface area contributed by atoms with Crippen LogP contribution in [0.3, 0.4) is 0 Å². The third kappa shape index (κ3) is 5.11. The zero-order chi connectivity index (χ0) is 13.1. The van der Waals surface area contributed by atoms with E-state index in [2.05, 4.69) is 0 Å². The lowest BCUT2D eigenvalue weighted by molar-refractivity contribution is -0.158. The van der Waals surface area contributed by atoms with Crippen LogP contribution in [0.1, 0.15) is 41.0 Å². The topological polar surface area (TPSA) is 89.6 Å². The first-order valence-corrected chi connectivity index (χ1v) is 5.17. The summed E-state index contributed by atoms with van der Waals surface area (Å²) in [7, 11) is 0. The fourth-order valence-corrected chi connectivity index (χ4v) is 1.10. The molecule has 5 heteroatoms. The van der Waals surface area contributed by atoms with Gasteiger partial charge in [0, 0.05) is 0 Å². The second-order valence-electron chi connectivity index (χ2n) is 5.53. The van der Waals surface area contributed by atoms with E-state index in [4.69, 9.17) is 15.6 Å². The molecule has 0 rings (SSSR count). The maximum atomic E-state index is 11.5. The molecule has 1 unspecified atom stereocenters. The summed E-state index contributed by atoms with van der Waals surface area (Å²) in [4.78, 5) is 22.4. The fourth-order valence-electron chi connectivity index (χ4n) is 1.10. The van der Waals surface area contributed by atoms with Crippen LogP contribution in [-0.2, 0) is 14.3 Å². The van der Waals surface area contributed by atoms with E-state index in [-0.39, 0.29) is 6.42 Å². The number of carboxylic acids is 1. The predicted molar refractivity (Wildman–Crippen MR) is 59.9 cm³/mol. The first kappa shape index (κ1) is 14.9. The Morgan fingerprint density at radius 1 is 1.25 bits per heavy atom. The molecular weight excluding hydrogens is 210 g/mol. The summed E-state index contributed by atoms with van der Waals surface area (Å²) >= 11 is 0. The van der Waals surface area contributed by atoms with E-state index in [1.165, 1.54) is 13.8 Å². The number of aliphatic carboxylic acids is 1. The molecule has 0 heterocycles. The molecule has 0 aromatic rings. The fraction of sp³-hybridized carbons (Fsp3) is 0.818. The normalized spacial score (nSPS) is 14.4. The third-order valence-electron chi connectivity index (χ3n) is 2.02. The van der Waals surface area contributed by atoms with Gasteiger partial charge in [0.1, 0.15) is 11.6 Å². The number of hydrogen-bond donors (Lipinski definition) is 2. The van der Waals surface area contributed by atoms with Crippen LogP contribution in [0, 0.1) is 5.41 Å². The summed E-state index contributed by atoms with van der Waals surface area (Å²) in [5.74, 6) is -1.55. The van der Waals surface area contributed by atoms with Crippen molar-refractivity contribution >= 4 is 11.9 Å². The number of hydrogen-bond acceptors (Lipinski definition) is 4. The van der Waals surface area contributed by atoms with Gasteiger partial charge in [-0.1, -0.05) is 0 Å². The van der Waals surface area contributed by atoms with Crippen molar-refractivity contribution < 1.29 is 19.4 Å². The number of carbonyl (C=O) groups excluding carboxylic acids is 1. The summed E-state index contributed by atoms with van der Waals surface area (Å²) in [5, 5.41) is 8.90. The molecule has 3 N–H and O–H groups in total. The van der Waals surface area contributed by atoms with Crippen molar-refractivity contribution in [1.82, 2.24) is 0 Å². The van der Waals surface area contributed by atoms with Gasteiger partial charge in [0.15, 0.2) is 0 Å². The highest BCUT2D eigenvalue weighted by atomic mass is 16.6. The van der Waals surface area contributed by atoms with E-state index in [9.17, 15) is 9.59 Å². The Balaban J connectivity index is 4.43. The van der Waals surface area contributed by atoms with Crippen LogP contribution in [0.15, 0.2) is 0 Å². The predicted octanol–water partition coefficient (Wildman–Crippen LogP) is 1.16. The van der Waals surface area contributed by atoms with Gasteiger partial charge in [0.2, 0.25) is 0 Å². The zero-order valence-corrected chi connectivity index (χ0v) is 10.5. The third-order valence-corrected chi connectivity index (χ3v) is 2.02. The molecule has 0 fully saturated rings. The van der Waals surface area contributed by atoms with Crippen molar-refractivity contribution in [3.05, 3.63) is 0 Å². The van der Waals surface area contributed by atoms with Crippen LogP contribution in [0.2, 0.25) is 0 Å². The Labute approximate surface area is 96.0 Å². The van der Waals surface area contributed by atoms with Crippen molar-refractivity contribution in [3.8, 4) is 0 Å². The molecule has 0 radical (unpaired) electrons. The monoisotopic (exact) mass is 231 g/mol. The molecule has 94 valence electrons. The molecular formula is C11H21NO4. The number of ether oxygens (including phenoxy) is 1. The molecule has 0 saturated carbocycles. The van der Waals surface area contributed by atoms with Gasteiger partial charge in [-0.15, -0.1) is 0 Å². The van der Waals surface area contributed by atoms with Crippen LogP contribution < -0.4 is 5.73 Å². The number of rotatable bonds is 4. The van der Waals surface area contributed by atoms with E-state index >= 15 is 0 Å². The summed E-state index contributed by atoms with van der Waals surface area (Å²) in [6.07, 6.45) is 0.0528. The lowest BCUT2D eigenvalue weighted by Crippen LogP contribution is -2.42. The van der Waals surface area contributed by atoms with Gasteiger partial charge in [-0.05, 0) is 41.0 Å². The van der Waals surface area contributed by atoms with Gasteiger partial charge in [-0.25, -0.2) is 0 Å². The summed E-state index contributed by atoms with van der Waals surface area (Å²) < 4.78 is 5.07. The number of esters is 1. The minimum absolute atomic E-state index is 0.0528. The second-order valence-corrected chi connectivity index (χ2v) is 5.53. The highest BCUT2D eigenvalue weighted by Gasteiger charge is 2.33. The minimum Gasteiger partial charge on any atom is -0.481 e. The van der Waals surface area contributed by atoms with Crippen LogP contribution in [0.25, 0.3) is 0 Å². The van der Waals surface area contributed by atoms with E-state index in [0.717, 1.165) is 0 Å². The molecule has 0 saturated heterocycles. The van der Waals surface area contributed by atoms with Crippen LogP contribution in [0.5, 0.6) is 0 Å². The molecule has 0 aromatic carbocycles. The largest absolute Gasteiger partial charge is 0.481 e. The Bertz CT molecular complexity index is 278. The molecule has 0 bridgehead atoms. The zero-order valence-electron chi connectivity index (χ0n) is 10.5. The lowest BCUT2D eigenvalue weighted by atomic mass is 9.86. The van der Waals surface area contributed by atoms with E-state index in [1.807, 2.05) is 0 Å². The maximum absolute atomic E-state index is 11.5. The van der Waals surface area contributed by atoms with Gasteiger partial charge in [-0.2, -0.15) is 0 Å². The number of carboxylic acid groups (broad SMARTS) is 1. The molecule has 16 heavy (non-hydrogen) atoms. The molecule has 0 spiro atoms. The lowest BCUT2D eigenvalue weighted by Gasteiger charge is -2.26. The Kier molecular flexibility index (Phi) is 4.49. The van der Waals surface area contributed by atoms with Crippen LogP contribution in [0.4, 0.5) is 0 Å². The average Bonchev–Trinajstić information content (AvgIpc) is 1.99. The smallest absolute Gasteiger partial charge is 0.323 e. The van der Waals surface area contributed by atoms with Crippen molar-refractivity contribution in [2.75, 3.05) is 0 Å². The first-order valence-electron chi connectivity index (χ1n) is 5.17. The molecule has 5 nitrogen and oxygen atoms in total. The van der Waals surface area contributed by atoms with Gasteiger partial charge in [0.25, 0.3) is 0 Å². The standard InChI is InChI=1S/C11H21NO4/c1-10(2,3)16-8(13)7(12)6-11(4,5)9(14)15/h7H,6,12H2,1-5H3,(H,14,15). The van der Waals surface area contributed by atoms with E-state index in [0.29, 0.717) is 0 Å². The molecule has 0 aliphatic rings. The summed E-state index contributed by atoms with van der Waals surface area (Å²) in [6, 6.07) is -0.912. The summed E-state index contributed by atoms with van der Waals surface area (Å²) in [6.45, 7) is 8.26. The average molecular weight is 231 g/mol. The van der Waals surface area contributed by atoms with Crippen molar-refractivity contribution in [1.29, 1.82) is 0 Å². The van der Waals surface area contributed by atoms with Crippen molar-refractivity contribution in [2.45, 2.75) is 52.7 Å². The molecule has 1 atom stereocenters.